The van der Waals surface area contributed by atoms with Crippen LogP contribution in [0.2, 0.25) is 0 Å². The lowest BCUT2D eigenvalue weighted by molar-refractivity contribution is -0.170. The average Bonchev–Trinajstić information content (AvgIpc) is 2.27. The molecule has 1 rings (SSSR count). The quantitative estimate of drug-likeness (QED) is 0.584. The Morgan fingerprint density at radius 2 is 1.84 bits per heavy atom. The Bertz CT molecular complexity index is 343. The molecule has 1 aliphatic rings. The Kier molecular flexibility index (Phi) is 4.92. The van der Waals surface area contributed by atoms with Gasteiger partial charge in [-0.05, 0) is 46.0 Å². The molecule has 6 nitrogen and oxygen atoms in total. The van der Waals surface area contributed by atoms with Crippen LogP contribution in [-0.2, 0) is 19.1 Å². The summed E-state index contributed by atoms with van der Waals surface area (Å²) < 4.78 is 10.3. The molecule has 0 radical (unpaired) electrons. The molecule has 1 atom stereocenters. The normalized spacial score (nSPS) is 20.6. The minimum absolute atomic E-state index is 0.0716. The molecule has 0 saturated carbocycles. The van der Waals surface area contributed by atoms with Gasteiger partial charge in [0, 0.05) is 13.2 Å². The van der Waals surface area contributed by atoms with Crippen LogP contribution in [0.4, 0.5) is 0 Å². The predicted molar refractivity (Wildman–Crippen MR) is 68.6 cm³/mol. The zero-order chi connectivity index (χ0) is 14.7. The van der Waals surface area contributed by atoms with E-state index in [1.807, 2.05) is 0 Å². The van der Waals surface area contributed by atoms with Gasteiger partial charge in [0.2, 0.25) is 5.54 Å². The molecule has 0 aromatic heterocycles. The zero-order valence-corrected chi connectivity index (χ0v) is 11.8. The minimum atomic E-state index is -1.98. The molecule has 6 heteroatoms. The Balaban J connectivity index is 2.78. The predicted octanol–water partition coefficient (Wildman–Crippen LogP) is 0.927. The second-order valence-corrected chi connectivity index (χ2v) is 6.04. The fraction of sp³-hybridized carbons (Fsp3) is 0.846. The van der Waals surface area contributed by atoms with E-state index in [0.717, 1.165) is 12.8 Å². The molecule has 1 heterocycles. The number of rotatable bonds is 4. The van der Waals surface area contributed by atoms with Crippen LogP contribution < -0.4 is 5.73 Å². The molecule has 1 fully saturated rings. The number of hydrogen-bond acceptors (Lipinski definition) is 5. The van der Waals surface area contributed by atoms with Crippen LogP contribution in [0.3, 0.4) is 0 Å². The van der Waals surface area contributed by atoms with E-state index in [-0.39, 0.29) is 12.3 Å². The molecule has 110 valence electrons. The maximum Gasteiger partial charge on any atom is 0.338 e. The van der Waals surface area contributed by atoms with Crippen molar-refractivity contribution in [2.45, 2.75) is 51.2 Å². The second-order valence-electron chi connectivity index (χ2n) is 6.04. The summed E-state index contributed by atoms with van der Waals surface area (Å²) in [7, 11) is 0. The Labute approximate surface area is 113 Å². The highest BCUT2D eigenvalue weighted by Gasteiger charge is 2.47. The molecule has 0 bridgehead atoms. The van der Waals surface area contributed by atoms with Gasteiger partial charge in [-0.15, -0.1) is 0 Å². The molecule has 0 aromatic rings. The van der Waals surface area contributed by atoms with Gasteiger partial charge in [-0.3, -0.25) is 0 Å². The largest absolute Gasteiger partial charge is 0.479 e. The molecule has 0 amide bonds. The van der Waals surface area contributed by atoms with Crippen LogP contribution in [0.5, 0.6) is 0 Å². The average molecular weight is 273 g/mol. The lowest BCUT2D eigenvalue weighted by atomic mass is 9.84. The lowest BCUT2D eigenvalue weighted by Crippen LogP contribution is -2.58. The van der Waals surface area contributed by atoms with E-state index in [9.17, 15) is 14.7 Å². The third-order valence-electron chi connectivity index (χ3n) is 3.10. The summed E-state index contributed by atoms with van der Waals surface area (Å²) >= 11 is 0. The molecule has 1 saturated heterocycles. The van der Waals surface area contributed by atoms with Crippen LogP contribution >= 0.6 is 0 Å². The number of ether oxygens (including phenoxy) is 2. The van der Waals surface area contributed by atoms with Gasteiger partial charge in [0.15, 0.2) is 0 Å². The van der Waals surface area contributed by atoms with Crippen LogP contribution in [0.15, 0.2) is 0 Å². The van der Waals surface area contributed by atoms with Gasteiger partial charge in [-0.25, -0.2) is 9.59 Å². The smallest absolute Gasteiger partial charge is 0.338 e. The van der Waals surface area contributed by atoms with Gasteiger partial charge in [-0.2, -0.15) is 0 Å². The van der Waals surface area contributed by atoms with E-state index in [2.05, 4.69) is 0 Å². The van der Waals surface area contributed by atoms with Crippen molar-refractivity contribution in [2.24, 2.45) is 11.7 Å². The van der Waals surface area contributed by atoms with E-state index in [1.54, 1.807) is 20.8 Å². The van der Waals surface area contributed by atoms with E-state index in [1.165, 1.54) is 0 Å². The Hall–Kier alpha value is -1.14. The summed E-state index contributed by atoms with van der Waals surface area (Å²) in [5.74, 6) is -2.14. The topological polar surface area (TPSA) is 98.9 Å². The number of carbonyl (C=O) groups excluding carboxylic acids is 1. The first-order valence-corrected chi connectivity index (χ1v) is 6.48. The van der Waals surface area contributed by atoms with Crippen molar-refractivity contribution >= 4 is 11.9 Å². The Morgan fingerprint density at radius 3 is 2.26 bits per heavy atom. The van der Waals surface area contributed by atoms with Crippen LogP contribution in [0, 0.1) is 5.92 Å². The van der Waals surface area contributed by atoms with Crippen molar-refractivity contribution in [3.63, 3.8) is 0 Å². The first-order valence-electron chi connectivity index (χ1n) is 6.48. The lowest BCUT2D eigenvalue weighted by Gasteiger charge is -2.32. The summed E-state index contributed by atoms with van der Waals surface area (Å²) in [4.78, 5) is 23.4. The molecule has 0 aliphatic carbocycles. The van der Waals surface area contributed by atoms with Gasteiger partial charge < -0.3 is 20.3 Å². The van der Waals surface area contributed by atoms with Crippen molar-refractivity contribution in [2.75, 3.05) is 13.2 Å². The first kappa shape index (κ1) is 15.9. The number of aliphatic carboxylic acids is 1. The molecule has 1 aliphatic heterocycles. The summed E-state index contributed by atoms with van der Waals surface area (Å²) in [6.07, 6.45) is 1.52. The number of carboxylic acids is 1. The van der Waals surface area contributed by atoms with Crippen LogP contribution in [0.1, 0.15) is 40.0 Å². The first-order chi connectivity index (χ1) is 8.65. The Morgan fingerprint density at radius 1 is 1.32 bits per heavy atom. The van der Waals surface area contributed by atoms with Gasteiger partial charge in [0.25, 0.3) is 0 Å². The maximum absolute atomic E-state index is 12.0. The molecular weight excluding hydrogens is 250 g/mol. The number of hydrogen-bond donors (Lipinski definition) is 2. The van der Waals surface area contributed by atoms with Gasteiger partial charge >= 0.3 is 11.9 Å². The van der Waals surface area contributed by atoms with Crippen molar-refractivity contribution < 1.29 is 24.2 Å². The minimum Gasteiger partial charge on any atom is -0.479 e. The monoisotopic (exact) mass is 273 g/mol. The summed E-state index contributed by atoms with van der Waals surface area (Å²) in [5.41, 5.74) is 3.07. The van der Waals surface area contributed by atoms with Crippen LogP contribution in [-0.4, -0.2) is 41.4 Å². The number of carbonyl (C=O) groups is 2. The maximum atomic E-state index is 12.0. The van der Waals surface area contributed by atoms with Crippen molar-refractivity contribution in [1.82, 2.24) is 0 Å². The third-order valence-corrected chi connectivity index (χ3v) is 3.10. The number of carboxylic acid groups (broad SMARTS) is 1. The highest BCUT2D eigenvalue weighted by atomic mass is 16.6. The van der Waals surface area contributed by atoms with Gasteiger partial charge in [-0.1, -0.05) is 0 Å². The van der Waals surface area contributed by atoms with E-state index >= 15 is 0 Å². The second kappa shape index (κ2) is 5.88. The zero-order valence-electron chi connectivity index (χ0n) is 11.8. The van der Waals surface area contributed by atoms with Gasteiger partial charge in [0.1, 0.15) is 5.60 Å². The van der Waals surface area contributed by atoms with Gasteiger partial charge in [0.05, 0.1) is 0 Å². The number of nitrogens with two attached hydrogens (primary N) is 1. The fourth-order valence-electron chi connectivity index (χ4n) is 2.03. The molecule has 19 heavy (non-hydrogen) atoms. The summed E-state index contributed by atoms with van der Waals surface area (Å²) in [6, 6.07) is 0. The fourth-order valence-corrected chi connectivity index (χ4v) is 2.03. The van der Waals surface area contributed by atoms with E-state index < -0.39 is 23.1 Å². The molecule has 0 spiro atoms. The molecular formula is C13H23NO5. The molecule has 3 N–H and O–H groups in total. The standard InChI is InChI=1S/C13H23NO5/c1-12(2,3)19-11(17)13(14,10(15)16)8-9-4-6-18-7-5-9/h9H,4-8,14H2,1-3H3,(H,15,16). The van der Waals surface area contributed by atoms with Crippen molar-refractivity contribution in [3.05, 3.63) is 0 Å². The number of esters is 1. The summed E-state index contributed by atoms with van der Waals surface area (Å²) in [5, 5.41) is 9.27. The highest BCUT2D eigenvalue weighted by molar-refractivity contribution is 6.03. The molecule has 0 aromatic carbocycles. The third kappa shape index (κ3) is 4.47. The molecule has 1 unspecified atom stereocenters. The SMILES string of the molecule is CC(C)(C)OC(=O)C(N)(CC1CCOCC1)C(=O)O. The van der Waals surface area contributed by atoms with Crippen LogP contribution in [0.25, 0.3) is 0 Å². The van der Waals surface area contributed by atoms with E-state index in [0.29, 0.717) is 13.2 Å². The summed E-state index contributed by atoms with van der Waals surface area (Å²) in [6.45, 7) is 6.20. The van der Waals surface area contributed by atoms with E-state index in [4.69, 9.17) is 15.2 Å². The van der Waals surface area contributed by atoms with Crippen molar-refractivity contribution in [1.29, 1.82) is 0 Å². The highest BCUT2D eigenvalue weighted by Crippen LogP contribution is 2.26. The van der Waals surface area contributed by atoms with Crippen molar-refractivity contribution in [3.8, 4) is 0 Å².